The SMILES string of the molecule is Cc1nc(NCCCCc2ccnc(N)c2)ccc1[N+](=O)[O-]. The fourth-order valence-corrected chi connectivity index (χ4v) is 2.17. The maximum Gasteiger partial charge on any atom is 0.290 e. The molecule has 2 aromatic rings. The number of nitro groups is 1. The fraction of sp³-hybridized carbons (Fsp3) is 0.333. The fourth-order valence-electron chi connectivity index (χ4n) is 2.17. The molecule has 0 aliphatic carbocycles. The molecule has 0 saturated carbocycles. The van der Waals surface area contributed by atoms with Crippen molar-refractivity contribution in [3.8, 4) is 0 Å². The number of nitrogen functional groups attached to an aromatic ring is 1. The van der Waals surface area contributed by atoms with Crippen LogP contribution in [0.2, 0.25) is 0 Å². The lowest BCUT2D eigenvalue weighted by Gasteiger charge is -2.07. The van der Waals surface area contributed by atoms with Gasteiger partial charge in [0.15, 0.2) is 0 Å². The van der Waals surface area contributed by atoms with Gasteiger partial charge in [0, 0.05) is 18.8 Å². The second kappa shape index (κ2) is 7.35. The van der Waals surface area contributed by atoms with E-state index in [2.05, 4.69) is 15.3 Å². The highest BCUT2D eigenvalue weighted by molar-refractivity contribution is 5.44. The number of hydrogen-bond acceptors (Lipinski definition) is 6. The Hall–Kier alpha value is -2.70. The highest BCUT2D eigenvalue weighted by Crippen LogP contribution is 2.17. The van der Waals surface area contributed by atoms with Crippen LogP contribution in [0.3, 0.4) is 0 Å². The van der Waals surface area contributed by atoms with Gasteiger partial charge in [-0.1, -0.05) is 0 Å². The van der Waals surface area contributed by atoms with Crippen LogP contribution >= 0.6 is 0 Å². The molecule has 0 aromatic carbocycles. The van der Waals surface area contributed by atoms with Crippen LogP contribution in [-0.4, -0.2) is 21.4 Å². The van der Waals surface area contributed by atoms with Crippen molar-refractivity contribution in [2.75, 3.05) is 17.6 Å². The van der Waals surface area contributed by atoms with Crippen LogP contribution in [0.25, 0.3) is 0 Å². The molecule has 7 heteroatoms. The lowest BCUT2D eigenvalue weighted by Crippen LogP contribution is -2.05. The first-order chi connectivity index (χ1) is 10.6. The highest BCUT2D eigenvalue weighted by atomic mass is 16.6. The summed E-state index contributed by atoms with van der Waals surface area (Å²) in [5, 5.41) is 13.9. The molecule has 2 heterocycles. The average Bonchev–Trinajstić information content (AvgIpc) is 2.46. The summed E-state index contributed by atoms with van der Waals surface area (Å²) >= 11 is 0. The van der Waals surface area contributed by atoms with Gasteiger partial charge in [-0.2, -0.15) is 0 Å². The average molecular weight is 301 g/mol. The Morgan fingerprint density at radius 2 is 2.14 bits per heavy atom. The van der Waals surface area contributed by atoms with Gasteiger partial charge in [0.1, 0.15) is 17.3 Å². The van der Waals surface area contributed by atoms with Crippen LogP contribution in [0.5, 0.6) is 0 Å². The molecular formula is C15H19N5O2. The van der Waals surface area contributed by atoms with E-state index in [1.54, 1.807) is 19.2 Å². The molecule has 7 nitrogen and oxygen atoms in total. The molecule has 0 aliphatic heterocycles. The summed E-state index contributed by atoms with van der Waals surface area (Å²) < 4.78 is 0. The molecule has 2 aromatic heterocycles. The second-order valence-corrected chi connectivity index (χ2v) is 5.03. The van der Waals surface area contributed by atoms with E-state index in [9.17, 15) is 10.1 Å². The van der Waals surface area contributed by atoms with Gasteiger partial charge in [-0.15, -0.1) is 0 Å². The summed E-state index contributed by atoms with van der Waals surface area (Å²) in [7, 11) is 0. The molecule has 0 amide bonds. The molecular weight excluding hydrogens is 282 g/mol. The topological polar surface area (TPSA) is 107 Å². The highest BCUT2D eigenvalue weighted by Gasteiger charge is 2.11. The minimum atomic E-state index is -0.424. The predicted molar refractivity (Wildman–Crippen MR) is 85.7 cm³/mol. The van der Waals surface area contributed by atoms with E-state index >= 15 is 0 Å². The van der Waals surface area contributed by atoms with Crippen LogP contribution in [0.15, 0.2) is 30.5 Å². The van der Waals surface area contributed by atoms with E-state index in [4.69, 9.17) is 5.73 Å². The Bertz CT molecular complexity index is 660. The standard InChI is InChI=1S/C15H19N5O2/c1-11-13(20(21)22)5-6-15(19-11)18-8-3-2-4-12-7-9-17-14(16)10-12/h5-7,9-10H,2-4,8H2,1H3,(H2,16,17)(H,18,19). The number of nitrogens with two attached hydrogens (primary N) is 1. The summed E-state index contributed by atoms with van der Waals surface area (Å²) in [6.45, 7) is 2.40. The number of pyridine rings is 2. The summed E-state index contributed by atoms with van der Waals surface area (Å²) in [4.78, 5) is 18.4. The van der Waals surface area contributed by atoms with Crippen molar-refractivity contribution in [2.45, 2.75) is 26.2 Å². The van der Waals surface area contributed by atoms with Crippen LogP contribution < -0.4 is 11.1 Å². The van der Waals surface area contributed by atoms with E-state index in [0.29, 0.717) is 17.3 Å². The van der Waals surface area contributed by atoms with Gasteiger partial charge in [-0.3, -0.25) is 10.1 Å². The smallest absolute Gasteiger partial charge is 0.290 e. The van der Waals surface area contributed by atoms with Crippen LogP contribution in [0, 0.1) is 17.0 Å². The predicted octanol–water partition coefficient (Wildman–Crippen LogP) is 2.71. The monoisotopic (exact) mass is 301 g/mol. The van der Waals surface area contributed by atoms with Gasteiger partial charge in [0.25, 0.3) is 5.69 Å². The lowest BCUT2D eigenvalue weighted by molar-refractivity contribution is -0.385. The maximum absolute atomic E-state index is 10.7. The van der Waals surface area contributed by atoms with Crippen molar-refractivity contribution in [1.82, 2.24) is 9.97 Å². The van der Waals surface area contributed by atoms with Crippen molar-refractivity contribution < 1.29 is 4.92 Å². The van der Waals surface area contributed by atoms with Crippen molar-refractivity contribution in [1.29, 1.82) is 0 Å². The van der Waals surface area contributed by atoms with Crippen LogP contribution in [-0.2, 0) is 6.42 Å². The third-order valence-electron chi connectivity index (χ3n) is 3.30. The number of rotatable bonds is 7. The van der Waals surface area contributed by atoms with E-state index in [1.165, 1.54) is 11.6 Å². The van der Waals surface area contributed by atoms with Crippen molar-refractivity contribution in [3.05, 3.63) is 51.8 Å². The molecule has 3 N–H and O–H groups in total. The molecule has 0 spiro atoms. The van der Waals surface area contributed by atoms with Gasteiger partial charge < -0.3 is 11.1 Å². The van der Waals surface area contributed by atoms with Crippen molar-refractivity contribution in [2.24, 2.45) is 0 Å². The zero-order valence-corrected chi connectivity index (χ0v) is 12.5. The molecule has 0 unspecified atom stereocenters. The number of anilines is 2. The van der Waals surface area contributed by atoms with Crippen molar-refractivity contribution in [3.63, 3.8) is 0 Å². The largest absolute Gasteiger partial charge is 0.384 e. The summed E-state index contributed by atoms with van der Waals surface area (Å²) in [6, 6.07) is 6.96. The minimum absolute atomic E-state index is 0.0424. The van der Waals surface area contributed by atoms with Crippen molar-refractivity contribution >= 4 is 17.3 Å². The Morgan fingerprint density at radius 1 is 1.32 bits per heavy atom. The Labute approximate surface area is 128 Å². The molecule has 22 heavy (non-hydrogen) atoms. The minimum Gasteiger partial charge on any atom is -0.384 e. The number of aromatic nitrogens is 2. The molecule has 116 valence electrons. The van der Waals surface area contributed by atoms with E-state index in [0.717, 1.165) is 25.8 Å². The first-order valence-corrected chi connectivity index (χ1v) is 7.12. The summed E-state index contributed by atoms with van der Waals surface area (Å²) in [5.74, 6) is 1.21. The maximum atomic E-state index is 10.7. The number of nitrogens with one attached hydrogen (secondary N) is 1. The zero-order valence-electron chi connectivity index (χ0n) is 12.5. The number of aryl methyl sites for hydroxylation is 2. The summed E-state index contributed by atoms with van der Waals surface area (Å²) in [5.41, 5.74) is 7.27. The molecule has 2 rings (SSSR count). The zero-order chi connectivity index (χ0) is 15.9. The van der Waals surface area contributed by atoms with E-state index < -0.39 is 4.92 Å². The van der Waals surface area contributed by atoms with E-state index in [1.807, 2.05) is 12.1 Å². The van der Waals surface area contributed by atoms with E-state index in [-0.39, 0.29) is 5.69 Å². The second-order valence-electron chi connectivity index (χ2n) is 5.03. The molecule has 0 atom stereocenters. The van der Waals surface area contributed by atoms with Gasteiger partial charge >= 0.3 is 0 Å². The number of unbranched alkanes of at least 4 members (excludes halogenated alkanes) is 1. The van der Waals surface area contributed by atoms with Gasteiger partial charge in [0.2, 0.25) is 0 Å². The molecule has 0 saturated heterocycles. The Kier molecular flexibility index (Phi) is 5.24. The van der Waals surface area contributed by atoms with Crippen LogP contribution in [0.1, 0.15) is 24.1 Å². The number of nitrogens with zero attached hydrogens (tertiary/aromatic N) is 3. The third kappa shape index (κ3) is 4.41. The van der Waals surface area contributed by atoms with Gasteiger partial charge in [-0.05, 0) is 49.9 Å². The molecule has 0 bridgehead atoms. The van der Waals surface area contributed by atoms with Gasteiger partial charge in [-0.25, -0.2) is 9.97 Å². The first kappa shape index (κ1) is 15.7. The Morgan fingerprint density at radius 3 is 2.82 bits per heavy atom. The van der Waals surface area contributed by atoms with Gasteiger partial charge in [0.05, 0.1) is 4.92 Å². The summed E-state index contributed by atoms with van der Waals surface area (Å²) in [6.07, 6.45) is 4.65. The lowest BCUT2D eigenvalue weighted by atomic mass is 10.1. The van der Waals surface area contributed by atoms with Crippen LogP contribution in [0.4, 0.5) is 17.3 Å². The Balaban J connectivity index is 1.75. The molecule has 0 aliphatic rings. The molecule has 0 radical (unpaired) electrons. The first-order valence-electron chi connectivity index (χ1n) is 7.12. The third-order valence-corrected chi connectivity index (χ3v) is 3.30. The molecule has 0 fully saturated rings. The normalized spacial score (nSPS) is 10.4. The quantitative estimate of drug-likeness (QED) is 0.462. The number of hydrogen-bond donors (Lipinski definition) is 2.